The maximum absolute atomic E-state index is 11.3. The Kier molecular flexibility index (Phi) is 15.1. The van der Waals surface area contributed by atoms with Gasteiger partial charge >= 0.3 is 35.0 Å². The van der Waals surface area contributed by atoms with Gasteiger partial charge in [0.1, 0.15) is 11.5 Å². The zero-order valence-corrected chi connectivity index (χ0v) is 21.9. The summed E-state index contributed by atoms with van der Waals surface area (Å²) in [6.07, 6.45) is -3.83. The number of esters is 2. The van der Waals surface area contributed by atoms with E-state index in [-0.39, 0.29) is 59.1 Å². The molecule has 0 aliphatic carbocycles. The van der Waals surface area contributed by atoms with Crippen molar-refractivity contribution in [1.82, 2.24) is 0 Å². The number of non-ortho nitro benzene ring substituents is 2. The van der Waals surface area contributed by atoms with Gasteiger partial charge in [0, 0.05) is 24.3 Å². The van der Waals surface area contributed by atoms with E-state index >= 15 is 0 Å². The van der Waals surface area contributed by atoms with Crippen LogP contribution in [-0.2, 0) is 28.7 Å². The summed E-state index contributed by atoms with van der Waals surface area (Å²) in [6, 6.07) is 9.17. The van der Waals surface area contributed by atoms with Crippen LogP contribution in [0.5, 0.6) is 11.5 Å². The van der Waals surface area contributed by atoms with Gasteiger partial charge in [0.05, 0.1) is 35.0 Å². The molecule has 0 saturated carbocycles. The van der Waals surface area contributed by atoms with Crippen LogP contribution in [0, 0.1) is 20.2 Å². The topological polar surface area (TPSA) is 238 Å². The van der Waals surface area contributed by atoms with Crippen LogP contribution in [0.4, 0.5) is 11.4 Å². The van der Waals surface area contributed by atoms with E-state index in [0.717, 1.165) is 24.3 Å². The fourth-order valence-electron chi connectivity index (χ4n) is 2.39. The summed E-state index contributed by atoms with van der Waals surface area (Å²) in [7, 11) is 0. The first-order chi connectivity index (χ1) is 17.9. The van der Waals surface area contributed by atoms with Gasteiger partial charge in [0.15, 0.2) is 0 Å². The number of carbonyl (C=O) groups is 4. The fourth-order valence-corrected chi connectivity index (χ4v) is 2.39. The van der Waals surface area contributed by atoms with Crippen LogP contribution in [0.25, 0.3) is 0 Å². The number of hydrogen-bond donors (Lipinski definition) is 0. The molecular weight excluding hydrogens is 541 g/mol. The first-order valence-electron chi connectivity index (χ1n) is 10.5. The minimum atomic E-state index is -1.92. The van der Waals surface area contributed by atoms with E-state index in [0.29, 0.717) is 0 Å². The summed E-state index contributed by atoms with van der Waals surface area (Å²) < 4.78 is 18.7. The molecule has 0 N–H and O–H groups in total. The Hall–Kier alpha value is -4.51. The van der Waals surface area contributed by atoms with Gasteiger partial charge in [-0.25, -0.2) is 9.59 Å². The molecular formula is C22H20MgN2O14. The van der Waals surface area contributed by atoms with Crippen LogP contribution in [0.3, 0.4) is 0 Å². The first kappa shape index (κ1) is 34.5. The Bertz CT molecular complexity index is 1060. The molecule has 39 heavy (non-hydrogen) atoms. The van der Waals surface area contributed by atoms with Crippen molar-refractivity contribution in [1.29, 1.82) is 0 Å². The van der Waals surface area contributed by atoms with Gasteiger partial charge in [-0.15, -0.1) is 0 Å². The van der Waals surface area contributed by atoms with Crippen molar-refractivity contribution in [2.75, 3.05) is 13.2 Å². The van der Waals surface area contributed by atoms with Gasteiger partial charge in [-0.05, 0) is 38.1 Å². The number of ether oxygens (including phenoxy) is 4. The summed E-state index contributed by atoms with van der Waals surface area (Å²) in [5.74, 6) is -5.74. The zero-order valence-electron chi connectivity index (χ0n) is 20.5. The van der Waals surface area contributed by atoms with Gasteiger partial charge in [-0.1, -0.05) is 0 Å². The summed E-state index contributed by atoms with van der Waals surface area (Å²) in [6.45, 7) is 3.00. The summed E-state index contributed by atoms with van der Waals surface area (Å²) >= 11 is 0. The molecule has 0 spiro atoms. The zero-order chi connectivity index (χ0) is 28.8. The molecule has 16 nitrogen and oxygen atoms in total. The third-order valence-corrected chi connectivity index (χ3v) is 4.03. The molecule has 0 aliphatic rings. The average molecular weight is 561 g/mol. The predicted molar refractivity (Wildman–Crippen MR) is 124 cm³/mol. The number of benzene rings is 2. The molecule has 2 unspecified atom stereocenters. The Labute approximate surface area is 235 Å². The number of nitro groups is 2. The summed E-state index contributed by atoms with van der Waals surface area (Å²) in [5.41, 5.74) is -0.373. The fraction of sp³-hybridized carbons (Fsp3) is 0.273. The maximum Gasteiger partial charge on any atom is 2.00 e. The second-order valence-electron chi connectivity index (χ2n) is 6.64. The van der Waals surface area contributed by atoms with Gasteiger partial charge in [0.2, 0.25) is 12.2 Å². The largest absolute Gasteiger partial charge is 2.00 e. The number of carbonyl (C=O) groups excluding carboxylic acids is 4. The van der Waals surface area contributed by atoms with Crippen molar-refractivity contribution in [3.05, 3.63) is 68.8 Å². The molecule has 0 aromatic heterocycles. The van der Waals surface area contributed by atoms with Crippen LogP contribution in [-0.4, -0.2) is 82.2 Å². The third kappa shape index (κ3) is 11.6. The molecule has 2 aromatic rings. The van der Waals surface area contributed by atoms with Crippen molar-refractivity contribution in [2.24, 2.45) is 0 Å². The van der Waals surface area contributed by atoms with Gasteiger partial charge < -0.3 is 38.7 Å². The normalized spacial score (nSPS) is 11.1. The summed E-state index contributed by atoms with van der Waals surface area (Å²) in [5, 5.41) is 42.3. The Morgan fingerprint density at radius 3 is 1.15 bits per heavy atom. The Morgan fingerprint density at radius 2 is 0.949 bits per heavy atom. The second-order valence-corrected chi connectivity index (χ2v) is 6.64. The molecule has 0 fully saturated rings. The summed E-state index contributed by atoms with van der Waals surface area (Å²) in [4.78, 5) is 63.7. The maximum atomic E-state index is 11.3. The number of nitrogens with zero attached hydrogens (tertiary/aromatic N) is 2. The second kappa shape index (κ2) is 17.1. The van der Waals surface area contributed by atoms with Crippen molar-refractivity contribution in [3.63, 3.8) is 0 Å². The molecule has 2 atom stereocenters. The first-order valence-corrected chi connectivity index (χ1v) is 10.5. The smallest absolute Gasteiger partial charge is 0.545 e. The van der Waals surface area contributed by atoms with E-state index in [2.05, 4.69) is 9.47 Å². The minimum absolute atomic E-state index is 0. The molecule has 17 heteroatoms. The van der Waals surface area contributed by atoms with Gasteiger partial charge in [-0.2, -0.15) is 0 Å². The quantitative estimate of drug-likeness (QED) is 0.0987. The monoisotopic (exact) mass is 560 g/mol. The van der Waals surface area contributed by atoms with Crippen molar-refractivity contribution >= 4 is 58.3 Å². The van der Waals surface area contributed by atoms with E-state index in [4.69, 9.17) is 9.47 Å². The van der Waals surface area contributed by atoms with Crippen LogP contribution in [0.2, 0.25) is 0 Å². The number of rotatable bonds is 12. The van der Waals surface area contributed by atoms with E-state index in [1.807, 2.05) is 0 Å². The third-order valence-electron chi connectivity index (χ3n) is 4.03. The van der Waals surface area contributed by atoms with E-state index in [1.54, 1.807) is 0 Å². The number of aliphatic carboxylic acids is 2. The van der Waals surface area contributed by atoms with Crippen molar-refractivity contribution < 1.29 is 58.2 Å². The van der Waals surface area contributed by atoms with Gasteiger partial charge in [0.25, 0.3) is 11.4 Å². The van der Waals surface area contributed by atoms with Crippen molar-refractivity contribution in [3.8, 4) is 11.5 Å². The standard InChI is InChI=1S/2C11H11NO7.Mg/c2*1-2-18-11(15)9(10(13)14)19-8-5-3-7(4-6-8)12(16)17;/h2*3-6,9H,2H2,1H3,(H,13,14);/q;;+2/p-2. The van der Waals surface area contributed by atoms with Crippen LogP contribution >= 0.6 is 0 Å². The van der Waals surface area contributed by atoms with E-state index in [1.165, 1.54) is 38.1 Å². The number of carboxylic acids is 2. The number of hydrogen-bond acceptors (Lipinski definition) is 14. The Morgan fingerprint density at radius 1 is 0.667 bits per heavy atom. The van der Waals surface area contributed by atoms with Crippen molar-refractivity contribution in [2.45, 2.75) is 26.1 Å². The van der Waals surface area contributed by atoms with Gasteiger partial charge in [-0.3, -0.25) is 20.2 Å². The minimum Gasteiger partial charge on any atom is -0.545 e. The van der Waals surface area contributed by atoms with E-state index < -0.39 is 45.9 Å². The molecule has 0 bridgehead atoms. The number of carboxylic acid groups (broad SMARTS) is 2. The number of nitro benzene ring substituents is 2. The molecule has 204 valence electrons. The molecule has 0 radical (unpaired) electrons. The Balaban J connectivity index is 0.000000722. The molecule has 0 heterocycles. The molecule has 0 saturated heterocycles. The molecule has 0 amide bonds. The van der Waals surface area contributed by atoms with Crippen LogP contribution in [0.15, 0.2) is 48.5 Å². The predicted octanol–water partition coefficient (Wildman–Crippen LogP) is -1.07. The van der Waals surface area contributed by atoms with Crippen LogP contribution < -0.4 is 19.7 Å². The molecule has 2 rings (SSSR count). The SMILES string of the molecule is CCOC(=O)C(Oc1ccc([N+](=O)[O-])cc1)C(=O)[O-].CCOC(=O)C(Oc1ccc([N+](=O)[O-])cc1)C(=O)[O-].[Mg+2]. The molecule has 0 aliphatic heterocycles. The molecule has 2 aromatic carbocycles. The van der Waals surface area contributed by atoms with E-state index in [9.17, 15) is 49.6 Å². The van der Waals surface area contributed by atoms with Crippen LogP contribution in [0.1, 0.15) is 13.8 Å². The average Bonchev–Trinajstić information content (AvgIpc) is 2.86.